The highest BCUT2D eigenvalue weighted by Gasteiger charge is 2.39. The molecular formula is C12H19N5O2. The van der Waals surface area contributed by atoms with Crippen LogP contribution in [0.15, 0.2) is 6.33 Å². The maximum absolute atomic E-state index is 12.5. The van der Waals surface area contributed by atoms with Gasteiger partial charge in [0.2, 0.25) is 11.8 Å². The van der Waals surface area contributed by atoms with Crippen molar-refractivity contribution >= 4 is 11.8 Å². The molecule has 0 aliphatic carbocycles. The fourth-order valence-corrected chi connectivity index (χ4v) is 2.23. The first-order valence-electron chi connectivity index (χ1n) is 6.26. The van der Waals surface area contributed by atoms with E-state index in [1.807, 2.05) is 6.92 Å². The molecule has 2 heterocycles. The number of nitrogens with one attached hydrogen (secondary N) is 1. The van der Waals surface area contributed by atoms with Gasteiger partial charge in [-0.2, -0.15) is 5.10 Å². The van der Waals surface area contributed by atoms with Crippen LogP contribution >= 0.6 is 0 Å². The van der Waals surface area contributed by atoms with E-state index in [0.29, 0.717) is 18.8 Å². The molecule has 1 aromatic heterocycles. The molecule has 0 saturated carbocycles. The number of hydrogen-bond donors (Lipinski definition) is 1. The molecule has 1 aromatic rings. The smallest absolute Gasteiger partial charge is 0.248 e. The minimum Gasteiger partial charge on any atom is -0.342 e. The summed E-state index contributed by atoms with van der Waals surface area (Å²) in [6, 6.07) is -0.161. The van der Waals surface area contributed by atoms with Gasteiger partial charge in [-0.3, -0.25) is 14.3 Å². The molecule has 104 valence electrons. The van der Waals surface area contributed by atoms with Crippen molar-refractivity contribution < 1.29 is 9.59 Å². The monoisotopic (exact) mass is 265 g/mol. The molecule has 1 fully saturated rings. The summed E-state index contributed by atoms with van der Waals surface area (Å²) in [5, 5.41) is 6.74. The summed E-state index contributed by atoms with van der Waals surface area (Å²) in [4.78, 5) is 30.1. The lowest BCUT2D eigenvalue weighted by Crippen LogP contribution is -2.53. The standard InChI is InChI=1S/C12H19N5O2/c1-8-5-10(18)15-12(2,3)11(19)17(8)6-9-13-7-14-16(9)4/h7-8H,5-6H2,1-4H3,(H,15,18). The van der Waals surface area contributed by atoms with E-state index in [1.54, 1.807) is 30.5 Å². The molecule has 1 unspecified atom stereocenters. The van der Waals surface area contributed by atoms with E-state index in [0.717, 1.165) is 0 Å². The Morgan fingerprint density at radius 2 is 2.16 bits per heavy atom. The van der Waals surface area contributed by atoms with Crippen LogP contribution in [0.25, 0.3) is 0 Å². The van der Waals surface area contributed by atoms with Crippen molar-refractivity contribution in [2.45, 2.75) is 45.3 Å². The molecule has 2 amide bonds. The average Bonchev–Trinajstić information content (AvgIpc) is 2.66. The number of aryl methyl sites for hydroxylation is 1. The van der Waals surface area contributed by atoms with Crippen LogP contribution in [0, 0.1) is 0 Å². The normalized spacial score (nSPS) is 23.2. The first kappa shape index (κ1) is 13.5. The zero-order valence-electron chi connectivity index (χ0n) is 11.7. The lowest BCUT2D eigenvalue weighted by atomic mass is 10.0. The summed E-state index contributed by atoms with van der Waals surface area (Å²) in [6.07, 6.45) is 1.75. The van der Waals surface area contributed by atoms with Crippen LogP contribution in [0.4, 0.5) is 0 Å². The molecule has 1 aliphatic heterocycles. The van der Waals surface area contributed by atoms with Crippen LogP contribution in [0.1, 0.15) is 33.0 Å². The van der Waals surface area contributed by atoms with Crippen molar-refractivity contribution in [1.82, 2.24) is 25.0 Å². The fourth-order valence-electron chi connectivity index (χ4n) is 2.23. The summed E-state index contributed by atoms with van der Waals surface area (Å²) < 4.78 is 1.63. The fraction of sp³-hybridized carbons (Fsp3) is 0.667. The Kier molecular flexibility index (Phi) is 3.30. The van der Waals surface area contributed by atoms with Crippen molar-refractivity contribution in [2.75, 3.05) is 0 Å². The van der Waals surface area contributed by atoms with Gasteiger partial charge < -0.3 is 10.2 Å². The van der Waals surface area contributed by atoms with E-state index < -0.39 is 5.54 Å². The summed E-state index contributed by atoms with van der Waals surface area (Å²) in [5.41, 5.74) is -0.888. The number of rotatable bonds is 2. The molecule has 1 saturated heterocycles. The van der Waals surface area contributed by atoms with E-state index >= 15 is 0 Å². The van der Waals surface area contributed by atoms with Gasteiger partial charge in [-0.05, 0) is 20.8 Å². The molecule has 0 radical (unpaired) electrons. The van der Waals surface area contributed by atoms with E-state index in [4.69, 9.17) is 0 Å². The van der Waals surface area contributed by atoms with Gasteiger partial charge in [0.25, 0.3) is 0 Å². The third-order valence-electron chi connectivity index (χ3n) is 3.38. The molecule has 1 atom stereocenters. The predicted octanol–water partition coefficient (Wildman–Crippen LogP) is -0.169. The minimum absolute atomic E-state index is 0.103. The van der Waals surface area contributed by atoms with Crippen molar-refractivity contribution in [2.24, 2.45) is 7.05 Å². The van der Waals surface area contributed by atoms with Crippen LogP contribution in [0.2, 0.25) is 0 Å². The SMILES string of the molecule is CC1CC(=O)NC(C)(C)C(=O)N1Cc1ncnn1C. The Balaban J connectivity index is 2.28. The number of carbonyl (C=O) groups excluding carboxylic acids is 2. The lowest BCUT2D eigenvalue weighted by molar-refractivity contribution is -0.139. The van der Waals surface area contributed by atoms with Gasteiger partial charge in [-0.15, -0.1) is 0 Å². The third kappa shape index (κ3) is 2.59. The highest BCUT2D eigenvalue weighted by Crippen LogP contribution is 2.19. The van der Waals surface area contributed by atoms with Crippen molar-refractivity contribution in [3.8, 4) is 0 Å². The number of amides is 2. The highest BCUT2D eigenvalue weighted by atomic mass is 16.2. The number of hydrogen-bond acceptors (Lipinski definition) is 4. The summed E-state index contributed by atoms with van der Waals surface area (Å²) in [6.45, 7) is 5.66. The van der Waals surface area contributed by atoms with Crippen LogP contribution in [0.3, 0.4) is 0 Å². The van der Waals surface area contributed by atoms with E-state index in [-0.39, 0.29) is 17.9 Å². The van der Waals surface area contributed by atoms with Crippen LogP contribution in [0.5, 0.6) is 0 Å². The van der Waals surface area contributed by atoms with E-state index in [2.05, 4.69) is 15.4 Å². The van der Waals surface area contributed by atoms with Gasteiger partial charge in [-0.1, -0.05) is 0 Å². The zero-order valence-corrected chi connectivity index (χ0v) is 11.7. The summed E-state index contributed by atoms with van der Waals surface area (Å²) in [5.74, 6) is 0.491. The Hall–Kier alpha value is -1.92. The van der Waals surface area contributed by atoms with Gasteiger partial charge >= 0.3 is 0 Å². The van der Waals surface area contributed by atoms with Crippen molar-refractivity contribution in [3.05, 3.63) is 12.2 Å². The first-order valence-corrected chi connectivity index (χ1v) is 6.26. The Labute approximate surface area is 112 Å². The van der Waals surface area contributed by atoms with Gasteiger partial charge in [0.1, 0.15) is 17.7 Å². The maximum Gasteiger partial charge on any atom is 0.248 e. The third-order valence-corrected chi connectivity index (χ3v) is 3.38. The van der Waals surface area contributed by atoms with Crippen LogP contribution in [-0.4, -0.2) is 43.1 Å². The van der Waals surface area contributed by atoms with Gasteiger partial charge in [0.05, 0.1) is 6.54 Å². The van der Waals surface area contributed by atoms with E-state index in [9.17, 15) is 9.59 Å². The molecule has 7 nitrogen and oxygen atoms in total. The first-order chi connectivity index (χ1) is 8.81. The number of aromatic nitrogens is 3. The minimum atomic E-state index is -0.888. The predicted molar refractivity (Wildman–Crippen MR) is 67.9 cm³/mol. The number of nitrogens with zero attached hydrogens (tertiary/aromatic N) is 4. The van der Waals surface area contributed by atoms with Gasteiger partial charge in [0.15, 0.2) is 0 Å². The second-order valence-corrected chi connectivity index (χ2v) is 5.46. The number of carbonyl (C=O) groups is 2. The quantitative estimate of drug-likeness (QED) is 0.805. The molecule has 0 spiro atoms. The zero-order chi connectivity index (χ0) is 14.2. The van der Waals surface area contributed by atoms with Crippen molar-refractivity contribution in [3.63, 3.8) is 0 Å². The lowest BCUT2D eigenvalue weighted by Gasteiger charge is -2.31. The maximum atomic E-state index is 12.5. The summed E-state index contributed by atoms with van der Waals surface area (Å²) >= 11 is 0. The molecule has 19 heavy (non-hydrogen) atoms. The summed E-state index contributed by atoms with van der Waals surface area (Å²) in [7, 11) is 1.78. The molecule has 1 aliphatic rings. The second kappa shape index (κ2) is 4.64. The van der Waals surface area contributed by atoms with Crippen molar-refractivity contribution in [1.29, 1.82) is 0 Å². The highest BCUT2D eigenvalue weighted by molar-refractivity contribution is 5.93. The van der Waals surface area contributed by atoms with Gasteiger partial charge in [-0.25, -0.2) is 4.98 Å². The van der Waals surface area contributed by atoms with Crippen LogP contribution < -0.4 is 5.32 Å². The topological polar surface area (TPSA) is 80.1 Å². The molecule has 7 heteroatoms. The second-order valence-electron chi connectivity index (χ2n) is 5.46. The Morgan fingerprint density at radius 1 is 1.47 bits per heavy atom. The average molecular weight is 265 g/mol. The van der Waals surface area contributed by atoms with Gasteiger partial charge in [0, 0.05) is 19.5 Å². The van der Waals surface area contributed by atoms with Crippen LogP contribution in [-0.2, 0) is 23.2 Å². The Morgan fingerprint density at radius 3 is 2.74 bits per heavy atom. The molecular weight excluding hydrogens is 246 g/mol. The van der Waals surface area contributed by atoms with E-state index in [1.165, 1.54) is 6.33 Å². The molecule has 0 bridgehead atoms. The molecule has 1 N–H and O–H groups in total. The molecule has 2 rings (SSSR count). The molecule has 0 aromatic carbocycles. The Bertz CT molecular complexity index is 508. The largest absolute Gasteiger partial charge is 0.342 e.